The monoisotopic (exact) mass is 180 g/mol. The summed E-state index contributed by atoms with van der Waals surface area (Å²) in [5, 5.41) is 8.84. The Morgan fingerprint density at radius 3 is 3.00 bits per heavy atom. The SMILES string of the molecule is Clc1cccc(C2CCN=N2)c1. The largest absolute Gasteiger partial charge is 0.193 e. The number of hydrogen-bond donors (Lipinski definition) is 0. The smallest absolute Gasteiger partial charge is 0.0976 e. The summed E-state index contributed by atoms with van der Waals surface area (Å²) in [6, 6.07) is 8.06. The fraction of sp³-hybridized carbons (Fsp3) is 0.333. The van der Waals surface area contributed by atoms with Crippen molar-refractivity contribution in [2.45, 2.75) is 12.5 Å². The third kappa shape index (κ3) is 1.48. The maximum absolute atomic E-state index is 5.85. The van der Waals surface area contributed by atoms with E-state index in [4.69, 9.17) is 11.6 Å². The van der Waals surface area contributed by atoms with E-state index in [2.05, 4.69) is 10.2 Å². The maximum atomic E-state index is 5.85. The second-order valence-corrected chi connectivity index (χ2v) is 3.28. The zero-order chi connectivity index (χ0) is 8.39. The van der Waals surface area contributed by atoms with Crippen LogP contribution >= 0.6 is 11.6 Å². The van der Waals surface area contributed by atoms with E-state index < -0.39 is 0 Å². The van der Waals surface area contributed by atoms with Crippen molar-refractivity contribution < 1.29 is 0 Å². The van der Waals surface area contributed by atoms with E-state index in [1.165, 1.54) is 5.56 Å². The van der Waals surface area contributed by atoms with E-state index in [0.717, 1.165) is 18.0 Å². The molecule has 2 rings (SSSR count). The Hall–Kier alpha value is -0.890. The Labute approximate surface area is 76.3 Å². The molecule has 0 aromatic heterocycles. The fourth-order valence-corrected chi connectivity index (χ4v) is 1.54. The van der Waals surface area contributed by atoms with Gasteiger partial charge in [0.15, 0.2) is 0 Å². The van der Waals surface area contributed by atoms with Gasteiger partial charge < -0.3 is 0 Å². The summed E-state index contributed by atoms with van der Waals surface area (Å²) in [5.41, 5.74) is 1.17. The molecule has 0 spiro atoms. The molecule has 0 fully saturated rings. The van der Waals surface area contributed by atoms with Gasteiger partial charge in [-0.15, -0.1) is 0 Å². The molecule has 0 amide bonds. The van der Waals surface area contributed by atoms with Crippen molar-refractivity contribution in [2.24, 2.45) is 10.2 Å². The molecule has 0 N–H and O–H groups in total. The summed E-state index contributed by atoms with van der Waals surface area (Å²) < 4.78 is 0. The van der Waals surface area contributed by atoms with Gasteiger partial charge in [0.05, 0.1) is 12.6 Å². The van der Waals surface area contributed by atoms with Crippen LogP contribution in [-0.4, -0.2) is 6.54 Å². The molecule has 0 saturated carbocycles. The van der Waals surface area contributed by atoms with Crippen LogP contribution in [-0.2, 0) is 0 Å². The Bertz CT molecular complexity index is 309. The van der Waals surface area contributed by atoms with Crippen LogP contribution in [0, 0.1) is 0 Å². The molecular formula is C9H9ClN2. The predicted molar refractivity (Wildman–Crippen MR) is 48.5 cm³/mol. The van der Waals surface area contributed by atoms with E-state index in [1.807, 2.05) is 24.3 Å². The minimum absolute atomic E-state index is 0.240. The van der Waals surface area contributed by atoms with Crippen molar-refractivity contribution in [3.8, 4) is 0 Å². The first-order valence-electron chi connectivity index (χ1n) is 3.98. The number of nitrogens with zero attached hydrogens (tertiary/aromatic N) is 2. The lowest BCUT2D eigenvalue weighted by molar-refractivity contribution is 0.742. The average Bonchev–Trinajstić information content (AvgIpc) is 2.56. The van der Waals surface area contributed by atoms with Gasteiger partial charge >= 0.3 is 0 Å². The fourth-order valence-electron chi connectivity index (χ4n) is 1.34. The summed E-state index contributed by atoms with van der Waals surface area (Å²) in [6.07, 6.45) is 1.01. The zero-order valence-electron chi connectivity index (χ0n) is 6.57. The molecule has 1 heterocycles. The Balaban J connectivity index is 2.27. The number of rotatable bonds is 1. The summed E-state index contributed by atoms with van der Waals surface area (Å²) in [6.45, 7) is 0.844. The highest BCUT2D eigenvalue weighted by Gasteiger charge is 2.13. The minimum atomic E-state index is 0.240. The van der Waals surface area contributed by atoms with Crippen LogP contribution in [0.4, 0.5) is 0 Å². The van der Waals surface area contributed by atoms with Crippen LogP contribution in [0.15, 0.2) is 34.5 Å². The zero-order valence-corrected chi connectivity index (χ0v) is 7.33. The summed E-state index contributed by atoms with van der Waals surface area (Å²) in [5.74, 6) is 0. The number of hydrogen-bond acceptors (Lipinski definition) is 2. The van der Waals surface area contributed by atoms with Gasteiger partial charge in [-0.3, -0.25) is 0 Å². The maximum Gasteiger partial charge on any atom is 0.0976 e. The normalized spacial score (nSPS) is 21.6. The molecule has 0 saturated heterocycles. The van der Waals surface area contributed by atoms with Crippen molar-refractivity contribution >= 4 is 11.6 Å². The van der Waals surface area contributed by atoms with Crippen LogP contribution in [0.2, 0.25) is 5.02 Å². The lowest BCUT2D eigenvalue weighted by atomic mass is 10.1. The highest BCUT2D eigenvalue weighted by Crippen LogP contribution is 2.27. The third-order valence-corrected chi connectivity index (χ3v) is 2.19. The van der Waals surface area contributed by atoms with Crippen molar-refractivity contribution in [3.63, 3.8) is 0 Å². The van der Waals surface area contributed by atoms with Gasteiger partial charge in [-0.25, -0.2) is 0 Å². The summed E-state index contributed by atoms with van der Waals surface area (Å²) in [7, 11) is 0. The first-order chi connectivity index (χ1) is 5.86. The number of azo groups is 1. The topological polar surface area (TPSA) is 24.7 Å². The molecule has 1 unspecified atom stereocenters. The molecule has 0 bridgehead atoms. The minimum Gasteiger partial charge on any atom is -0.193 e. The van der Waals surface area contributed by atoms with E-state index >= 15 is 0 Å². The van der Waals surface area contributed by atoms with Crippen LogP contribution in [0.5, 0.6) is 0 Å². The Morgan fingerprint density at radius 2 is 2.33 bits per heavy atom. The lowest BCUT2D eigenvalue weighted by Gasteiger charge is -2.04. The molecule has 0 aliphatic carbocycles. The van der Waals surface area contributed by atoms with Gasteiger partial charge in [-0.05, 0) is 24.1 Å². The molecule has 62 valence electrons. The van der Waals surface area contributed by atoms with Gasteiger partial charge in [0.25, 0.3) is 0 Å². The van der Waals surface area contributed by atoms with Crippen molar-refractivity contribution in [2.75, 3.05) is 6.54 Å². The Kier molecular flexibility index (Phi) is 2.09. The highest BCUT2D eigenvalue weighted by molar-refractivity contribution is 6.30. The van der Waals surface area contributed by atoms with Crippen LogP contribution in [0.3, 0.4) is 0 Å². The van der Waals surface area contributed by atoms with E-state index in [0.29, 0.717) is 0 Å². The van der Waals surface area contributed by atoms with Crippen molar-refractivity contribution in [1.29, 1.82) is 0 Å². The molecule has 1 aliphatic rings. The van der Waals surface area contributed by atoms with Crippen LogP contribution in [0.25, 0.3) is 0 Å². The van der Waals surface area contributed by atoms with Crippen molar-refractivity contribution in [1.82, 2.24) is 0 Å². The van der Waals surface area contributed by atoms with Crippen molar-refractivity contribution in [3.05, 3.63) is 34.9 Å². The lowest BCUT2D eigenvalue weighted by Crippen LogP contribution is -1.90. The number of benzene rings is 1. The molecular weight excluding hydrogens is 172 g/mol. The van der Waals surface area contributed by atoms with E-state index in [9.17, 15) is 0 Å². The Morgan fingerprint density at radius 1 is 1.42 bits per heavy atom. The first-order valence-corrected chi connectivity index (χ1v) is 4.36. The third-order valence-electron chi connectivity index (χ3n) is 1.96. The standard InChI is InChI=1S/C9H9ClN2/c10-8-3-1-2-7(6-8)9-4-5-11-12-9/h1-3,6,9H,4-5H2. The predicted octanol–water partition coefficient (Wildman–Crippen LogP) is 3.24. The average molecular weight is 181 g/mol. The first kappa shape index (κ1) is 7.74. The second kappa shape index (κ2) is 3.23. The van der Waals surface area contributed by atoms with Gasteiger partial charge in [-0.1, -0.05) is 23.7 Å². The highest BCUT2D eigenvalue weighted by atomic mass is 35.5. The van der Waals surface area contributed by atoms with Crippen LogP contribution in [0.1, 0.15) is 18.0 Å². The molecule has 2 nitrogen and oxygen atoms in total. The summed E-state index contributed by atoms with van der Waals surface area (Å²) >= 11 is 5.85. The van der Waals surface area contributed by atoms with Gasteiger partial charge in [0, 0.05) is 5.02 Å². The van der Waals surface area contributed by atoms with Gasteiger partial charge in [0.1, 0.15) is 0 Å². The van der Waals surface area contributed by atoms with Gasteiger partial charge in [-0.2, -0.15) is 10.2 Å². The molecule has 1 aromatic carbocycles. The quantitative estimate of drug-likeness (QED) is 0.634. The molecule has 1 aliphatic heterocycles. The van der Waals surface area contributed by atoms with E-state index in [1.54, 1.807) is 0 Å². The molecule has 12 heavy (non-hydrogen) atoms. The summed E-state index contributed by atoms with van der Waals surface area (Å²) in [4.78, 5) is 0. The van der Waals surface area contributed by atoms with Crippen LogP contribution < -0.4 is 0 Å². The molecule has 1 atom stereocenters. The van der Waals surface area contributed by atoms with Gasteiger partial charge in [0.2, 0.25) is 0 Å². The van der Waals surface area contributed by atoms with E-state index in [-0.39, 0.29) is 6.04 Å². The molecule has 1 aromatic rings. The molecule has 0 radical (unpaired) electrons. The number of halogens is 1. The second-order valence-electron chi connectivity index (χ2n) is 2.84. The molecule has 3 heteroatoms.